The van der Waals surface area contributed by atoms with E-state index in [0.717, 1.165) is 6.42 Å². The minimum absolute atomic E-state index is 0.105. The normalized spacial score (nSPS) is 7.60. The first-order valence-electron chi connectivity index (χ1n) is 3.25. The summed E-state index contributed by atoms with van der Waals surface area (Å²) < 4.78 is 13.1. The van der Waals surface area contributed by atoms with Crippen LogP contribution in [-0.4, -0.2) is 12.6 Å². The van der Waals surface area contributed by atoms with Crippen molar-refractivity contribution in [3.63, 3.8) is 0 Å². The molecular formula is C6H12O3Zn. The van der Waals surface area contributed by atoms with Crippen LogP contribution in [0.4, 0.5) is 0 Å². The minimum atomic E-state index is -0.105. The van der Waals surface area contributed by atoms with Crippen molar-refractivity contribution in [1.29, 1.82) is 0 Å². The van der Waals surface area contributed by atoms with Crippen molar-refractivity contribution < 1.29 is 31.4 Å². The fraction of sp³-hybridized carbons (Fsp3) is 0.833. The molecule has 0 aliphatic carbocycles. The Morgan fingerprint density at radius 3 is 2.20 bits per heavy atom. The Morgan fingerprint density at radius 2 is 1.90 bits per heavy atom. The van der Waals surface area contributed by atoms with Gasteiger partial charge in [-0.1, -0.05) is 13.8 Å². The van der Waals surface area contributed by atoms with E-state index < -0.39 is 0 Å². The molecule has 0 amide bonds. The molecule has 0 saturated carbocycles. The summed E-state index contributed by atoms with van der Waals surface area (Å²) in [6.45, 7) is 4.33. The van der Waals surface area contributed by atoms with E-state index >= 15 is 0 Å². The predicted octanol–water partition coefficient (Wildman–Crippen LogP) is 1.23. The van der Waals surface area contributed by atoms with Gasteiger partial charge in [-0.25, -0.2) is 0 Å². The van der Waals surface area contributed by atoms with E-state index in [1.165, 1.54) is 0 Å². The number of esters is 1. The van der Waals surface area contributed by atoms with Crippen LogP contribution >= 0.6 is 0 Å². The summed E-state index contributed by atoms with van der Waals surface area (Å²) >= 11 is 0.125. The number of hydrogen-bond donors (Lipinski definition) is 0. The third-order valence-corrected chi connectivity index (χ3v) is 0.756. The molecule has 0 aliphatic rings. The molecule has 0 aromatic heterocycles. The van der Waals surface area contributed by atoms with Gasteiger partial charge in [-0.05, 0) is 6.42 Å². The molecule has 0 bridgehead atoms. The Balaban J connectivity index is 0. The molecule has 0 saturated heterocycles. The van der Waals surface area contributed by atoms with Gasteiger partial charge in [-0.15, -0.1) is 0 Å². The Hall–Kier alpha value is -0.107. The van der Waals surface area contributed by atoms with E-state index in [0.29, 0.717) is 13.0 Å². The maximum absolute atomic E-state index is 10.3. The molecule has 10 heavy (non-hydrogen) atoms. The van der Waals surface area contributed by atoms with Gasteiger partial charge in [0.1, 0.15) is 0 Å². The van der Waals surface area contributed by atoms with Crippen molar-refractivity contribution >= 4 is 5.97 Å². The molecule has 56 valence electrons. The SMILES string of the molecule is CCCOC(=O)CC.[O]=[Zn]. The van der Waals surface area contributed by atoms with E-state index in [9.17, 15) is 4.79 Å². The van der Waals surface area contributed by atoms with Crippen LogP contribution in [0, 0.1) is 0 Å². The van der Waals surface area contributed by atoms with Crippen molar-refractivity contribution in [3.8, 4) is 0 Å². The fourth-order valence-electron chi connectivity index (χ4n) is 0.318. The molecule has 0 radical (unpaired) electrons. The molecule has 0 N–H and O–H groups in total. The number of ether oxygens (including phenoxy) is 1. The zero-order valence-electron chi connectivity index (χ0n) is 6.55. The zero-order valence-corrected chi connectivity index (χ0v) is 9.52. The average Bonchev–Trinajstić information content (AvgIpc) is 2.04. The molecule has 0 rings (SSSR count). The number of rotatable bonds is 3. The summed E-state index contributed by atoms with van der Waals surface area (Å²) in [5.41, 5.74) is 0. The number of carbonyl (C=O) groups excluding carboxylic acids is 1. The monoisotopic (exact) mass is 196 g/mol. The van der Waals surface area contributed by atoms with Gasteiger partial charge in [0.05, 0.1) is 6.61 Å². The molecule has 0 heterocycles. The van der Waals surface area contributed by atoms with Gasteiger partial charge >= 0.3 is 27.8 Å². The topological polar surface area (TPSA) is 43.4 Å². The quantitative estimate of drug-likeness (QED) is 0.505. The van der Waals surface area contributed by atoms with Crippen molar-refractivity contribution in [1.82, 2.24) is 0 Å². The standard InChI is InChI=1S/C6H12O2.O.Zn/c1-3-5-8-6(7)4-2;;/h3-5H2,1-2H3;;. The first-order chi connectivity index (χ1) is 4.81. The zero-order chi connectivity index (χ0) is 8.41. The van der Waals surface area contributed by atoms with E-state index in [2.05, 4.69) is 0 Å². The van der Waals surface area contributed by atoms with Crippen LogP contribution < -0.4 is 0 Å². The molecule has 0 aliphatic heterocycles. The van der Waals surface area contributed by atoms with E-state index in [1.54, 1.807) is 6.92 Å². The van der Waals surface area contributed by atoms with Gasteiger partial charge < -0.3 is 4.74 Å². The third kappa shape index (κ3) is 10.8. The Morgan fingerprint density at radius 1 is 1.40 bits per heavy atom. The van der Waals surface area contributed by atoms with Gasteiger partial charge in [0, 0.05) is 6.42 Å². The predicted molar refractivity (Wildman–Crippen MR) is 32.2 cm³/mol. The Bertz CT molecular complexity index is 85.1. The van der Waals surface area contributed by atoms with Gasteiger partial charge in [0.2, 0.25) is 0 Å². The molecule has 0 unspecified atom stereocenters. The Labute approximate surface area is 71.1 Å². The van der Waals surface area contributed by atoms with Crippen LogP contribution in [0.2, 0.25) is 0 Å². The summed E-state index contributed by atoms with van der Waals surface area (Å²) in [4.78, 5) is 10.3. The summed E-state index contributed by atoms with van der Waals surface area (Å²) in [6, 6.07) is 0. The second kappa shape index (κ2) is 11.7. The van der Waals surface area contributed by atoms with Gasteiger partial charge in [-0.2, -0.15) is 0 Å². The molecular weight excluding hydrogens is 185 g/mol. The molecule has 0 aromatic rings. The second-order valence-electron chi connectivity index (χ2n) is 1.57. The van der Waals surface area contributed by atoms with Crippen LogP contribution in [0.15, 0.2) is 0 Å². The third-order valence-electron chi connectivity index (χ3n) is 0.756. The molecule has 0 spiro atoms. The first kappa shape index (κ1) is 12.6. The number of carbonyl (C=O) groups is 1. The summed E-state index contributed by atoms with van der Waals surface area (Å²) in [5, 5.41) is 0. The second-order valence-corrected chi connectivity index (χ2v) is 1.57. The molecule has 0 fully saturated rings. The van der Waals surface area contributed by atoms with E-state index in [4.69, 9.17) is 8.31 Å². The summed E-state index contributed by atoms with van der Waals surface area (Å²) in [7, 11) is 0. The molecule has 0 aromatic carbocycles. The van der Waals surface area contributed by atoms with E-state index in [-0.39, 0.29) is 24.2 Å². The maximum atomic E-state index is 10.3. The van der Waals surface area contributed by atoms with Gasteiger partial charge in [0.25, 0.3) is 0 Å². The first-order valence-corrected chi connectivity index (χ1v) is 4.46. The fourth-order valence-corrected chi connectivity index (χ4v) is 0.318. The van der Waals surface area contributed by atoms with Crippen molar-refractivity contribution in [3.05, 3.63) is 0 Å². The molecule has 4 heteroatoms. The summed E-state index contributed by atoms with van der Waals surface area (Å²) in [5.74, 6) is -0.105. The van der Waals surface area contributed by atoms with Crippen molar-refractivity contribution in [2.24, 2.45) is 0 Å². The van der Waals surface area contributed by atoms with E-state index in [1.807, 2.05) is 6.92 Å². The van der Waals surface area contributed by atoms with Crippen molar-refractivity contribution in [2.75, 3.05) is 6.61 Å². The van der Waals surface area contributed by atoms with Crippen LogP contribution in [0.5, 0.6) is 0 Å². The molecule has 0 atom stereocenters. The van der Waals surface area contributed by atoms with Crippen molar-refractivity contribution in [2.45, 2.75) is 26.7 Å². The van der Waals surface area contributed by atoms with Crippen LogP contribution in [0.1, 0.15) is 26.7 Å². The van der Waals surface area contributed by atoms with Crippen LogP contribution in [0.3, 0.4) is 0 Å². The molecule has 3 nitrogen and oxygen atoms in total. The van der Waals surface area contributed by atoms with Gasteiger partial charge in [0.15, 0.2) is 0 Å². The van der Waals surface area contributed by atoms with Gasteiger partial charge in [-0.3, -0.25) is 4.79 Å². The number of hydrogen-bond acceptors (Lipinski definition) is 3. The van der Waals surface area contributed by atoms with Crippen LogP contribution in [-0.2, 0) is 31.4 Å². The Kier molecular flexibility index (Phi) is 14.6. The van der Waals surface area contributed by atoms with Crippen LogP contribution in [0.25, 0.3) is 0 Å². The summed E-state index contributed by atoms with van der Waals surface area (Å²) in [6.07, 6.45) is 1.39. The average molecular weight is 198 g/mol.